The van der Waals surface area contributed by atoms with Crippen LogP contribution in [0.15, 0.2) is 36.5 Å². The zero-order valence-corrected chi connectivity index (χ0v) is 21.5. The minimum atomic E-state index is -4.77. The van der Waals surface area contributed by atoms with Crippen molar-refractivity contribution in [1.82, 2.24) is 25.2 Å². The van der Waals surface area contributed by atoms with Crippen LogP contribution < -0.4 is 4.74 Å². The summed E-state index contributed by atoms with van der Waals surface area (Å²) >= 11 is 0. The van der Waals surface area contributed by atoms with Crippen LogP contribution in [0, 0.1) is 11.7 Å². The van der Waals surface area contributed by atoms with E-state index in [1.54, 1.807) is 12.1 Å². The van der Waals surface area contributed by atoms with Crippen LogP contribution in [0.2, 0.25) is 0 Å². The molecular weight excluding hydrogens is 522 g/mol. The number of halogens is 4. The van der Waals surface area contributed by atoms with Gasteiger partial charge >= 0.3 is 12.1 Å². The monoisotopic (exact) mass is 549 g/mol. The molecular formula is C26H27F4N5O4. The summed E-state index contributed by atoms with van der Waals surface area (Å²) in [5, 5.41) is 9.84. The van der Waals surface area contributed by atoms with E-state index in [9.17, 15) is 22.4 Å². The average Bonchev–Trinajstić information content (AvgIpc) is 3.63. The van der Waals surface area contributed by atoms with E-state index in [4.69, 9.17) is 14.2 Å². The summed E-state index contributed by atoms with van der Waals surface area (Å²) in [6, 6.07) is 7.50. The Morgan fingerprint density at radius 1 is 1.23 bits per heavy atom. The van der Waals surface area contributed by atoms with Gasteiger partial charge in [0.1, 0.15) is 5.82 Å². The van der Waals surface area contributed by atoms with Gasteiger partial charge in [0.05, 0.1) is 43.2 Å². The third-order valence-corrected chi connectivity index (χ3v) is 7.36. The zero-order chi connectivity index (χ0) is 27.9. The van der Waals surface area contributed by atoms with Gasteiger partial charge in [0, 0.05) is 17.4 Å². The van der Waals surface area contributed by atoms with E-state index in [0.29, 0.717) is 29.5 Å². The largest absolute Gasteiger partial charge is 0.475 e. The SMILES string of the molecule is COC(=O)[C@H]1CC[C@@]2(C[C@@H](c3cc(-n4nnnc4C(F)(F)F)cnc3OC(C)C)CO2)[C@@H]1c1ccc(F)cc1. The highest BCUT2D eigenvalue weighted by Gasteiger charge is 2.57. The molecule has 208 valence electrons. The van der Waals surface area contributed by atoms with Gasteiger partial charge in [-0.3, -0.25) is 4.79 Å². The number of hydrogen-bond acceptors (Lipinski definition) is 8. The summed E-state index contributed by atoms with van der Waals surface area (Å²) in [5.74, 6) is -3.01. The predicted octanol–water partition coefficient (Wildman–Crippen LogP) is 4.61. The first-order chi connectivity index (χ1) is 18.5. The van der Waals surface area contributed by atoms with Crippen LogP contribution in [0.4, 0.5) is 17.6 Å². The summed E-state index contributed by atoms with van der Waals surface area (Å²) in [5.41, 5.74) is 0.534. The summed E-state index contributed by atoms with van der Waals surface area (Å²) in [6.07, 6.45) is -2.31. The Bertz CT molecular complexity index is 1350. The van der Waals surface area contributed by atoms with Crippen molar-refractivity contribution >= 4 is 5.97 Å². The van der Waals surface area contributed by atoms with E-state index >= 15 is 0 Å². The molecule has 1 saturated heterocycles. The van der Waals surface area contributed by atoms with Crippen molar-refractivity contribution in [1.29, 1.82) is 0 Å². The minimum Gasteiger partial charge on any atom is -0.475 e. The smallest absolute Gasteiger partial charge is 0.453 e. The molecule has 2 aliphatic rings. The number of esters is 1. The van der Waals surface area contributed by atoms with Crippen molar-refractivity contribution < 1.29 is 36.6 Å². The fraction of sp³-hybridized carbons (Fsp3) is 0.500. The molecule has 39 heavy (non-hydrogen) atoms. The lowest BCUT2D eigenvalue weighted by molar-refractivity contribution is -0.147. The quantitative estimate of drug-likeness (QED) is 0.325. The summed E-state index contributed by atoms with van der Waals surface area (Å²) in [4.78, 5) is 17.0. The first-order valence-electron chi connectivity index (χ1n) is 12.5. The highest BCUT2D eigenvalue weighted by molar-refractivity contribution is 5.74. The number of alkyl halides is 3. The second kappa shape index (κ2) is 10.2. The van der Waals surface area contributed by atoms with E-state index in [1.807, 2.05) is 13.8 Å². The molecule has 1 saturated carbocycles. The molecule has 3 heterocycles. The highest BCUT2D eigenvalue weighted by atomic mass is 19.4. The van der Waals surface area contributed by atoms with Gasteiger partial charge in [-0.15, -0.1) is 5.10 Å². The van der Waals surface area contributed by atoms with E-state index in [0.717, 1.165) is 5.56 Å². The first kappa shape index (κ1) is 27.0. The molecule has 2 fully saturated rings. The van der Waals surface area contributed by atoms with Crippen molar-refractivity contribution in [3.8, 4) is 11.6 Å². The third-order valence-electron chi connectivity index (χ3n) is 7.36. The van der Waals surface area contributed by atoms with E-state index in [1.165, 1.54) is 31.5 Å². The van der Waals surface area contributed by atoms with Crippen LogP contribution in [0.25, 0.3) is 5.69 Å². The number of rotatable bonds is 6. The lowest BCUT2D eigenvalue weighted by Crippen LogP contribution is -2.35. The number of aromatic nitrogens is 5. The van der Waals surface area contributed by atoms with Gasteiger partial charge in [0.2, 0.25) is 5.88 Å². The van der Waals surface area contributed by atoms with Gasteiger partial charge in [-0.05, 0) is 67.3 Å². The maximum atomic E-state index is 13.7. The molecule has 4 atom stereocenters. The minimum absolute atomic E-state index is 0.0216. The first-order valence-corrected chi connectivity index (χ1v) is 12.5. The Morgan fingerprint density at radius 3 is 2.64 bits per heavy atom. The van der Waals surface area contributed by atoms with E-state index in [-0.39, 0.29) is 36.2 Å². The Hall–Kier alpha value is -3.61. The number of benzene rings is 1. The van der Waals surface area contributed by atoms with Crippen molar-refractivity contribution in [2.75, 3.05) is 13.7 Å². The third kappa shape index (κ3) is 5.07. The van der Waals surface area contributed by atoms with Crippen LogP contribution in [-0.2, 0) is 20.4 Å². The van der Waals surface area contributed by atoms with Gasteiger partial charge in [0.25, 0.3) is 5.82 Å². The second-order valence-electron chi connectivity index (χ2n) is 10.1. The Morgan fingerprint density at radius 2 is 1.97 bits per heavy atom. The molecule has 0 bridgehead atoms. The van der Waals surface area contributed by atoms with E-state index < -0.39 is 35.3 Å². The van der Waals surface area contributed by atoms with Gasteiger partial charge < -0.3 is 14.2 Å². The van der Waals surface area contributed by atoms with Crippen molar-refractivity contribution in [3.05, 3.63) is 59.3 Å². The Balaban J connectivity index is 1.54. The fourth-order valence-electron chi connectivity index (χ4n) is 5.82. The van der Waals surface area contributed by atoms with E-state index in [2.05, 4.69) is 20.5 Å². The molecule has 9 nitrogen and oxygen atoms in total. The average molecular weight is 550 g/mol. The second-order valence-corrected chi connectivity index (χ2v) is 10.1. The number of tetrazole rings is 1. The maximum absolute atomic E-state index is 13.7. The van der Waals surface area contributed by atoms with Crippen LogP contribution in [0.5, 0.6) is 5.88 Å². The number of nitrogens with zero attached hydrogens (tertiary/aromatic N) is 5. The molecule has 2 aromatic heterocycles. The maximum Gasteiger partial charge on any atom is 0.453 e. The molecule has 3 aromatic rings. The summed E-state index contributed by atoms with van der Waals surface area (Å²) < 4.78 is 72.2. The molecule has 1 spiro atoms. The number of carbonyl (C=O) groups is 1. The van der Waals surface area contributed by atoms with Gasteiger partial charge in [0.15, 0.2) is 0 Å². The molecule has 0 amide bonds. The normalized spacial score (nSPS) is 25.0. The summed E-state index contributed by atoms with van der Waals surface area (Å²) in [6.45, 7) is 3.85. The standard InChI is InChI=1S/C26H27F4N5O4/c1-14(2)39-22-20(10-18(12-31-22)35-24(26(28,29)30)32-33-34-35)16-11-25(38-13-16)9-8-19(23(36)37-3)21(25)15-4-6-17(27)7-5-15/h4-7,10,12,14,16,19,21H,8-9,11,13H2,1-3H3/t16-,19+,21-,25-/m1/s1. The van der Waals surface area contributed by atoms with Crippen molar-refractivity contribution in [2.24, 2.45) is 5.92 Å². The molecule has 1 aromatic carbocycles. The number of methoxy groups -OCH3 is 1. The number of carbonyl (C=O) groups excluding carboxylic acids is 1. The topological polar surface area (TPSA) is 101 Å². The lowest BCUT2D eigenvalue weighted by Gasteiger charge is -2.33. The molecule has 5 rings (SSSR count). The van der Waals surface area contributed by atoms with Gasteiger partial charge in [-0.2, -0.15) is 17.9 Å². The lowest BCUT2D eigenvalue weighted by atomic mass is 9.76. The van der Waals surface area contributed by atoms with Crippen LogP contribution in [0.3, 0.4) is 0 Å². The van der Waals surface area contributed by atoms with Gasteiger partial charge in [-0.1, -0.05) is 12.1 Å². The summed E-state index contributed by atoms with van der Waals surface area (Å²) in [7, 11) is 1.33. The van der Waals surface area contributed by atoms with Crippen LogP contribution >= 0.6 is 0 Å². The van der Waals surface area contributed by atoms with Crippen molar-refractivity contribution in [3.63, 3.8) is 0 Å². The zero-order valence-electron chi connectivity index (χ0n) is 21.5. The molecule has 1 aliphatic carbocycles. The highest BCUT2D eigenvalue weighted by Crippen LogP contribution is 2.57. The molecule has 0 radical (unpaired) electrons. The van der Waals surface area contributed by atoms with Gasteiger partial charge in [-0.25, -0.2) is 9.37 Å². The van der Waals surface area contributed by atoms with Crippen LogP contribution in [0.1, 0.15) is 61.9 Å². The molecule has 0 N–H and O–H groups in total. The van der Waals surface area contributed by atoms with Crippen molar-refractivity contribution in [2.45, 2.75) is 62.8 Å². The molecule has 13 heteroatoms. The number of hydrogen-bond donors (Lipinski definition) is 0. The predicted molar refractivity (Wildman–Crippen MR) is 128 cm³/mol. The van der Waals surface area contributed by atoms with Crippen LogP contribution in [-0.4, -0.2) is 56.6 Å². The molecule has 0 unspecified atom stereocenters. The fourth-order valence-corrected chi connectivity index (χ4v) is 5.82. The molecule has 1 aliphatic heterocycles. The Kier molecular flexibility index (Phi) is 7.04. The number of ether oxygens (including phenoxy) is 3. The number of pyridine rings is 1. The Labute approximate surface area is 221 Å².